The van der Waals surface area contributed by atoms with E-state index in [-0.39, 0.29) is 0 Å². The third-order valence-electron chi connectivity index (χ3n) is 3.37. The average Bonchev–Trinajstić information content (AvgIpc) is 2.98. The molecule has 20 heavy (non-hydrogen) atoms. The smallest absolute Gasteiger partial charge is 0.205 e. The molecular weight excluding hydrogens is 272 g/mol. The molecular formula is C13H18N6S. The molecule has 0 spiro atoms. The van der Waals surface area contributed by atoms with E-state index in [4.69, 9.17) is 0 Å². The van der Waals surface area contributed by atoms with Crippen molar-refractivity contribution < 1.29 is 0 Å². The molecule has 0 saturated carbocycles. The molecule has 106 valence electrons. The summed E-state index contributed by atoms with van der Waals surface area (Å²) in [6, 6.07) is 0. The molecule has 1 saturated heterocycles. The Morgan fingerprint density at radius 2 is 1.85 bits per heavy atom. The van der Waals surface area contributed by atoms with E-state index in [0.717, 1.165) is 43.0 Å². The van der Waals surface area contributed by atoms with Gasteiger partial charge in [-0.3, -0.25) is 4.98 Å². The van der Waals surface area contributed by atoms with Crippen LogP contribution in [0.1, 0.15) is 25.6 Å². The van der Waals surface area contributed by atoms with Crippen LogP contribution in [0.15, 0.2) is 18.6 Å². The van der Waals surface area contributed by atoms with Gasteiger partial charge in [-0.25, -0.2) is 9.97 Å². The van der Waals surface area contributed by atoms with Gasteiger partial charge in [0.1, 0.15) is 11.6 Å². The number of hydrogen-bond acceptors (Lipinski definition) is 7. The van der Waals surface area contributed by atoms with Gasteiger partial charge in [0.05, 0.1) is 6.20 Å². The zero-order valence-corrected chi connectivity index (χ0v) is 12.5. The van der Waals surface area contributed by atoms with Gasteiger partial charge in [0.15, 0.2) is 0 Å². The van der Waals surface area contributed by atoms with E-state index in [1.165, 1.54) is 11.5 Å². The van der Waals surface area contributed by atoms with E-state index < -0.39 is 0 Å². The molecule has 7 heteroatoms. The molecule has 6 nitrogen and oxygen atoms in total. The second-order valence-electron chi connectivity index (χ2n) is 5.13. The van der Waals surface area contributed by atoms with E-state index in [9.17, 15) is 0 Å². The summed E-state index contributed by atoms with van der Waals surface area (Å²) in [5.41, 5.74) is 0. The molecule has 2 aromatic rings. The van der Waals surface area contributed by atoms with Crippen molar-refractivity contribution in [1.82, 2.24) is 19.3 Å². The molecule has 0 radical (unpaired) electrons. The van der Waals surface area contributed by atoms with Crippen LogP contribution in [0.5, 0.6) is 0 Å². The summed E-state index contributed by atoms with van der Waals surface area (Å²) in [7, 11) is 0. The summed E-state index contributed by atoms with van der Waals surface area (Å²) >= 11 is 1.50. The molecule has 1 aliphatic rings. The van der Waals surface area contributed by atoms with Crippen molar-refractivity contribution in [2.45, 2.75) is 19.8 Å². The van der Waals surface area contributed by atoms with Crippen molar-refractivity contribution in [2.75, 3.05) is 36.0 Å². The van der Waals surface area contributed by atoms with E-state index in [0.29, 0.717) is 5.92 Å². The van der Waals surface area contributed by atoms with Crippen LogP contribution in [-0.4, -0.2) is 45.5 Å². The third kappa shape index (κ3) is 2.72. The summed E-state index contributed by atoms with van der Waals surface area (Å²) in [4.78, 5) is 17.6. The second-order valence-corrected chi connectivity index (χ2v) is 5.86. The molecule has 0 aliphatic carbocycles. The molecule has 0 bridgehead atoms. The van der Waals surface area contributed by atoms with Crippen molar-refractivity contribution >= 4 is 22.5 Å². The Morgan fingerprint density at radius 3 is 2.45 bits per heavy atom. The van der Waals surface area contributed by atoms with E-state index in [1.807, 2.05) is 6.20 Å². The summed E-state index contributed by atoms with van der Waals surface area (Å²) in [5, 5.41) is 1.03. The number of rotatable bonds is 3. The van der Waals surface area contributed by atoms with E-state index >= 15 is 0 Å². The van der Waals surface area contributed by atoms with Gasteiger partial charge in [0.25, 0.3) is 0 Å². The number of anilines is 2. The predicted molar refractivity (Wildman–Crippen MR) is 80.5 cm³/mol. The first kappa shape index (κ1) is 13.2. The highest BCUT2D eigenvalue weighted by Gasteiger charge is 2.21. The van der Waals surface area contributed by atoms with Gasteiger partial charge in [-0.05, 0) is 0 Å². The molecule has 0 atom stereocenters. The highest BCUT2D eigenvalue weighted by Crippen LogP contribution is 2.23. The Labute approximate surface area is 122 Å². The summed E-state index contributed by atoms with van der Waals surface area (Å²) in [6.45, 7) is 8.02. The molecule has 2 aromatic heterocycles. The van der Waals surface area contributed by atoms with Gasteiger partial charge in [-0.15, -0.1) is 0 Å². The minimum absolute atomic E-state index is 0.390. The van der Waals surface area contributed by atoms with Crippen LogP contribution in [0.2, 0.25) is 0 Å². The summed E-state index contributed by atoms with van der Waals surface area (Å²) in [5.74, 6) is 2.29. The zero-order chi connectivity index (χ0) is 13.9. The Hall–Kier alpha value is -1.76. The molecule has 0 unspecified atom stereocenters. The first-order valence-electron chi connectivity index (χ1n) is 6.83. The lowest BCUT2D eigenvalue weighted by Gasteiger charge is -2.34. The van der Waals surface area contributed by atoms with Crippen LogP contribution in [-0.2, 0) is 0 Å². The number of nitrogens with zero attached hydrogens (tertiary/aromatic N) is 6. The number of aromatic nitrogens is 4. The normalized spacial score (nSPS) is 15.9. The fourth-order valence-electron chi connectivity index (χ4n) is 2.17. The van der Waals surface area contributed by atoms with Gasteiger partial charge >= 0.3 is 0 Å². The fraction of sp³-hybridized carbons (Fsp3) is 0.538. The van der Waals surface area contributed by atoms with Crippen molar-refractivity contribution in [2.24, 2.45) is 0 Å². The average molecular weight is 290 g/mol. The largest absolute Gasteiger partial charge is 0.352 e. The topological polar surface area (TPSA) is 58.0 Å². The zero-order valence-electron chi connectivity index (χ0n) is 11.7. The lowest BCUT2D eigenvalue weighted by molar-refractivity contribution is 0.643. The monoisotopic (exact) mass is 290 g/mol. The van der Waals surface area contributed by atoms with Crippen molar-refractivity contribution in [3.63, 3.8) is 0 Å². The molecule has 0 aromatic carbocycles. The molecule has 3 heterocycles. The van der Waals surface area contributed by atoms with Crippen LogP contribution in [0.3, 0.4) is 0 Å². The minimum atomic E-state index is 0.390. The highest BCUT2D eigenvalue weighted by atomic mass is 32.1. The quantitative estimate of drug-likeness (QED) is 0.859. The van der Waals surface area contributed by atoms with Gasteiger partial charge in [0, 0.05) is 56.0 Å². The molecule has 1 fully saturated rings. The van der Waals surface area contributed by atoms with Gasteiger partial charge in [-0.1, -0.05) is 13.8 Å². The number of piperazine rings is 1. The third-order valence-corrected chi connectivity index (χ3v) is 4.16. The highest BCUT2D eigenvalue weighted by molar-refractivity contribution is 7.09. The Balaban J connectivity index is 1.63. The van der Waals surface area contributed by atoms with Crippen molar-refractivity contribution in [1.29, 1.82) is 0 Å². The Morgan fingerprint density at radius 1 is 1.10 bits per heavy atom. The van der Waals surface area contributed by atoms with Crippen LogP contribution in [0, 0.1) is 0 Å². The van der Waals surface area contributed by atoms with E-state index in [1.54, 1.807) is 12.4 Å². The Kier molecular flexibility index (Phi) is 3.77. The predicted octanol–water partition coefficient (Wildman–Crippen LogP) is 1.78. The van der Waals surface area contributed by atoms with Crippen LogP contribution in [0.4, 0.5) is 10.9 Å². The summed E-state index contributed by atoms with van der Waals surface area (Å²) in [6.07, 6.45) is 5.26. The first-order valence-corrected chi connectivity index (χ1v) is 7.61. The lowest BCUT2D eigenvalue weighted by Crippen LogP contribution is -2.46. The van der Waals surface area contributed by atoms with Crippen LogP contribution in [0.25, 0.3) is 0 Å². The lowest BCUT2D eigenvalue weighted by atomic mass is 10.2. The molecule has 1 aliphatic heterocycles. The van der Waals surface area contributed by atoms with Crippen LogP contribution >= 0.6 is 11.5 Å². The van der Waals surface area contributed by atoms with E-state index in [2.05, 4.69) is 43.0 Å². The minimum Gasteiger partial charge on any atom is -0.352 e. The SMILES string of the molecule is CC(C)c1nsc(N2CCN(c3cnccn3)CC2)n1. The van der Waals surface area contributed by atoms with Gasteiger partial charge < -0.3 is 9.80 Å². The maximum atomic E-state index is 4.62. The van der Waals surface area contributed by atoms with Gasteiger partial charge in [0.2, 0.25) is 5.13 Å². The second kappa shape index (κ2) is 5.70. The van der Waals surface area contributed by atoms with Gasteiger partial charge in [-0.2, -0.15) is 4.37 Å². The molecule has 3 rings (SSSR count). The summed E-state index contributed by atoms with van der Waals surface area (Å²) < 4.78 is 4.42. The maximum Gasteiger partial charge on any atom is 0.205 e. The fourth-order valence-corrected chi connectivity index (χ4v) is 3.03. The van der Waals surface area contributed by atoms with Crippen molar-refractivity contribution in [3.8, 4) is 0 Å². The standard InChI is InChI=1S/C13H18N6S/c1-10(2)12-16-13(20-17-12)19-7-5-18(6-8-19)11-9-14-3-4-15-11/h3-4,9-10H,5-8H2,1-2H3. The molecule has 0 amide bonds. The number of hydrogen-bond donors (Lipinski definition) is 0. The maximum absolute atomic E-state index is 4.62. The Bertz CT molecular complexity index is 547. The van der Waals surface area contributed by atoms with Crippen LogP contribution < -0.4 is 9.80 Å². The molecule has 0 N–H and O–H groups in total. The van der Waals surface area contributed by atoms with Crippen molar-refractivity contribution in [3.05, 3.63) is 24.4 Å². The first-order chi connectivity index (χ1) is 9.74.